The molecule has 20 heavy (non-hydrogen) atoms. The van der Waals surface area contributed by atoms with Crippen LogP contribution in [0.2, 0.25) is 0 Å². The molecule has 0 spiro atoms. The van der Waals surface area contributed by atoms with Gasteiger partial charge in [0.2, 0.25) is 0 Å². The number of hydrogen-bond donors (Lipinski definition) is 1. The Kier molecular flexibility index (Phi) is 3.52. The summed E-state index contributed by atoms with van der Waals surface area (Å²) in [6.45, 7) is 0.805. The average Bonchev–Trinajstić information content (AvgIpc) is 2.80. The van der Waals surface area contributed by atoms with Crippen molar-refractivity contribution in [2.45, 2.75) is 36.7 Å². The maximum absolute atomic E-state index is 11.8. The number of imidazole rings is 1. The number of nitrogens with zero attached hydrogens (tertiary/aromatic N) is 1. The van der Waals surface area contributed by atoms with E-state index in [4.69, 9.17) is 4.74 Å². The van der Waals surface area contributed by atoms with Crippen LogP contribution in [0.5, 0.6) is 0 Å². The SMILES string of the molecule is CS(=O)(=O)c1cccc2[nH]c(CC3CCCCO3)nc12. The van der Waals surface area contributed by atoms with E-state index >= 15 is 0 Å². The second-order valence-corrected chi connectivity index (χ2v) is 7.28. The summed E-state index contributed by atoms with van der Waals surface area (Å²) >= 11 is 0. The molecule has 1 aliphatic rings. The predicted molar refractivity (Wildman–Crippen MR) is 76.5 cm³/mol. The first kappa shape index (κ1) is 13.6. The van der Waals surface area contributed by atoms with E-state index < -0.39 is 9.84 Å². The van der Waals surface area contributed by atoms with Crippen molar-refractivity contribution >= 4 is 20.9 Å². The lowest BCUT2D eigenvalue weighted by atomic mass is 10.1. The van der Waals surface area contributed by atoms with Crippen molar-refractivity contribution in [1.29, 1.82) is 0 Å². The minimum atomic E-state index is -3.26. The molecule has 1 N–H and O–H groups in total. The number of rotatable bonds is 3. The minimum Gasteiger partial charge on any atom is -0.378 e. The molecule has 2 heterocycles. The van der Waals surface area contributed by atoms with Crippen molar-refractivity contribution < 1.29 is 13.2 Å². The molecule has 0 saturated carbocycles. The summed E-state index contributed by atoms with van der Waals surface area (Å²) in [6, 6.07) is 5.18. The Balaban J connectivity index is 1.94. The van der Waals surface area contributed by atoms with Crippen molar-refractivity contribution in [2.24, 2.45) is 0 Å². The molecular weight excluding hydrogens is 276 g/mol. The molecule has 108 valence electrons. The molecule has 1 unspecified atom stereocenters. The standard InChI is InChI=1S/C14H18N2O3S/c1-20(17,18)12-7-4-6-11-14(12)16-13(15-11)9-10-5-2-3-8-19-10/h4,6-7,10H,2-3,5,8-9H2,1H3,(H,15,16). The van der Waals surface area contributed by atoms with Crippen LogP contribution >= 0.6 is 0 Å². The molecule has 2 aromatic rings. The molecule has 1 aromatic heterocycles. The van der Waals surface area contributed by atoms with Gasteiger partial charge in [-0.25, -0.2) is 13.4 Å². The van der Waals surface area contributed by atoms with Gasteiger partial charge in [0.1, 0.15) is 11.3 Å². The summed E-state index contributed by atoms with van der Waals surface area (Å²) in [5.74, 6) is 0.794. The normalized spacial score (nSPS) is 20.4. The highest BCUT2D eigenvalue weighted by molar-refractivity contribution is 7.91. The lowest BCUT2D eigenvalue weighted by Crippen LogP contribution is -2.21. The molecule has 0 amide bonds. The molecular formula is C14H18N2O3S. The summed E-state index contributed by atoms with van der Waals surface area (Å²) in [6.07, 6.45) is 5.44. The number of H-pyrrole nitrogens is 1. The molecule has 0 bridgehead atoms. The van der Waals surface area contributed by atoms with Crippen LogP contribution in [0.3, 0.4) is 0 Å². The Hall–Kier alpha value is -1.40. The van der Waals surface area contributed by atoms with Gasteiger partial charge in [0, 0.05) is 19.3 Å². The second-order valence-electron chi connectivity index (χ2n) is 5.30. The molecule has 1 fully saturated rings. The fraction of sp³-hybridized carbons (Fsp3) is 0.500. The number of hydrogen-bond acceptors (Lipinski definition) is 4. The van der Waals surface area contributed by atoms with E-state index in [1.165, 1.54) is 12.7 Å². The fourth-order valence-corrected chi connectivity index (χ4v) is 3.47. The van der Waals surface area contributed by atoms with Crippen LogP contribution in [0, 0.1) is 0 Å². The number of benzene rings is 1. The molecule has 1 aliphatic heterocycles. The predicted octanol–water partition coefficient (Wildman–Crippen LogP) is 2.08. The number of para-hydroxylation sites is 1. The van der Waals surface area contributed by atoms with Gasteiger partial charge in [-0.3, -0.25) is 0 Å². The topological polar surface area (TPSA) is 72.0 Å². The van der Waals surface area contributed by atoms with E-state index in [2.05, 4.69) is 9.97 Å². The Labute approximate surface area is 118 Å². The molecule has 5 nitrogen and oxygen atoms in total. The van der Waals surface area contributed by atoms with Gasteiger partial charge in [0.15, 0.2) is 9.84 Å². The highest BCUT2D eigenvalue weighted by Crippen LogP contribution is 2.23. The van der Waals surface area contributed by atoms with Gasteiger partial charge in [-0.2, -0.15) is 0 Å². The zero-order valence-electron chi connectivity index (χ0n) is 11.4. The van der Waals surface area contributed by atoms with Gasteiger partial charge in [-0.1, -0.05) is 6.07 Å². The van der Waals surface area contributed by atoms with Crippen LogP contribution in [0.4, 0.5) is 0 Å². The van der Waals surface area contributed by atoms with Crippen LogP contribution in [-0.4, -0.2) is 37.4 Å². The summed E-state index contributed by atoms with van der Waals surface area (Å²) in [7, 11) is -3.26. The van der Waals surface area contributed by atoms with Crippen molar-refractivity contribution in [1.82, 2.24) is 9.97 Å². The minimum absolute atomic E-state index is 0.186. The summed E-state index contributed by atoms with van der Waals surface area (Å²) in [4.78, 5) is 7.94. The summed E-state index contributed by atoms with van der Waals surface area (Å²) in [5.41, 5.74) is 1.29. The molecule has 1 saturated heterocycles. The maximum atomic E-state index is 11.8. The quantitative estimate of drug-likeness (QED) is 0.940. The zero-order valence-corrected chi connectivity index (χ0v) is 12.2. The third-order valence-electron chi connectivity index (χ3n) is 3.62. The number of ether oxygens (including phenoxy) is 1. The average molecular weight is 294 g/mol. The van der Waals surface area contributed by atoms with Crippen LogP contribution in [0.25, 0.3) is 11.0 Å². The largest absolute Gasteiger partial charge is 0.378 e. The monoisotopic (exact) mass is 294 g/mol. The second kappa shape index (κ2) is 5.18. The number of fused-ring (bicyclic) bond motifs is 1. The van der Waals surface area contributed by atoms with E-state index in [1.54, 1.807) is 12.1 Å². The van der Waals surface area contributed by atoms with Crippen LogP contribution in [0.1, 0.15) is 25.1 Å². The first-order valence-electron chi connectivity index (χ1n) is 6.83. The van der Waals surface area contributed by atoms with E-state index in [1.807, 2.05) is 6.07 Å². The first-order chi connectivity index (χ1) is 9.54. The smallest absolute Gasteiger partial charge is 0.177 e. The van der Waals surface area contributed by atoms with E-state index in [-0.39, 0.29) is 11.0 Å². The molecule has 0 aliphatic carbocycles. The van der Waals surface area contributed by atoms with Crippen molar-refractivity contribution in [2.75, 3.05) is 12.9 Å². The molecule has 3 rings (SSSR count). The van der Waals surface area contributed by atoms with Crippen molar-refractivity contribution in [3.05, 3.63) is 24.0 Å². The van der Waals surface area contributed by atoms with Gasteiger partial charge >= 0.3 is 0 Å². The number of aromatic amines is 1. The third-order valence-corrected chi connectivity index (χ3v) is 4.75. The Morgan fingerprint density at radius 1 is 1.40 bits per heavy atom. The van der Waals surface area contributed by atoms with Gasteiger partial charge in [0.25, 0.3) is 0 Å². The fourth-order valence-electron chi connectivity index (χ4n) is 2.64. The molecule has 0 radical (unpaired) electrons. The van der Waals surface area contributed by atoms with Gasteiger partial charge in [-0.05, 0) is 31.4 Å². The highest BCUT2D eigenvalue weighted by atomic mass is 32.2. The zero-order chi connectivity index (χ0) is 14.2. The van der Waals surface area contributed by atoms with E-state index in [9.17, 15) is 8.42 Å². The highest BCUT2D eigenvalue weighted by Gasteiger charge is 2.19. The van der Waals surface area contributed by atoms with Crippen molar-refractivity contribution in [3.63, 3.8) is 0 Å². The van der Waals surface area contributed by atoms with Gasteiger partial charge in [0.05, 0.1) is 16.5 Å². The Morgan fingerprint density at radius 2 is 2.25 bits per heavy atom. The molecule has 1 atom stereocenters. The lowest BCUT2D eigenvalue weighted by molar-refractivity contribution is 0.0158. The van der Waals surface area contributed by atoms with E-state index in [0.29, 0.717) is 11.9 Å². The van der Waals surface area contributed by atoms with Crippen molar-refractivity contribution in [3.8, 4) is 0 Å². The number of sulfone groups is 1. The van der Waals surface area contributed by atoms with Crippen LogP contribution in [-0.2, 0) is 21.0 Å². The van der Waals surface area contributed by atoms with Crippen LogP contribution in [0.15, 0.2) is 23.1 Å². The summed E-state index contributed by atoms with van der Waals surface area (Å²) < 4.78 is 29.2. The number of aromatic nitrogens is 2. The molecule has 6 heteroatoms. The summed E-state index contributed by atoms with van der Waals surface area (Å²) in [5, 5.41) is 0. The van der Waals surface area contributed by atoms with Gasteiger partial charge < -0.3 is 9.72 Å². The lowest BCUT2D eigenvalue weighted by Gasteiger charge is -2.21. The van der Waals surface area contributed by atoms with Gasteiger partial charge in [-0.15, -0.1) is 0 Å². The maximum Gasteiger partial charge on any atom is 0.177 e. The molecule has 1 aromatic carbocycles. The van der Waals surface area contributed by atoms with E-state index in [0.717, 1.165) is 30.8 Å². The third kappa shape index (κ3) is 2.71. The number of nitrogens with one attached hydrogen (secondary N) is 1. The first-order valence-corrected chi connectivity index (χ1v) is 8.72. The Bertz CT molecular complexity index is 715. The van der Waals surface area contributed by atoms with Crippen LogP contribution < -0.4 is 0 Å². The Morgan fingerprint density at radius 3 is 2.95 bits per heavy atom.